The van der Waals surface area contributed by atoms with Gasteiger partial charge in [0, 0.05) is 5.92 Å². The molecule has 34 heavy (non-hydrogen) atoms. The monoisotopic (exact) mass is 468 g/mol. The number of carbonyl (C=O) groups excluding carboxylic acids is 2. The number of ether oxygens (including phenoxy) is 2. The van der Waals surface area contributed by atoms with Gasteiger partial charge < -0.3 is 19.5 Å². The molecule has 0 saturated carbocycles. The summed E-state index contributed by atoms with van der Waals surface area (Å²) in [5.74, 6) is -1.19. The summed E-state index contributed by atoms with van der Waals surface area (Å²) in [4.78, 5) is 42.6. The molecule has 1 saturated heterocycles. The molecule has 2 aromatic rings. The standard InChI is InChI=1S/C25H28N2O7/c1-24(2,3)33-22(30)26-34-25(12-21(28)29)14-27(15-25)23(31)32-13-20-18-10-6-4-8-16(18)17-9-5-7-11-19(17)20/h4-11,20H,12-15H2,1-3H3,(H,26,30)(H,28,29). The fourth-order valence-electron chi connectivity index (χ4n) is 4.40. The summed E-state index contributed by atoms with van der Waals surface area (Å²) in [5.41, 5.74) is 4.61. The van der Waals surface area contributed by atoms with Crippen molar-refractivity contribution in [1.82, 2.24) is 10.4 Å². The number of hydroxylamine groups is 1. The predicted molar refractivity (Wildman–Crippen MR) is 122 cm³/mol. The zero-order valence-electron chi connectivity index (χ0n) is 19.4. The van der Waals surface area contributed by atoms with Crippen molar-refractivity contribution in [2.45, 2.75) is 44.3 Å². The van der Waals surface area contributed by atoms with Crippen molar-refractivity contribution in [3.63, 3.8) is 0 Å². The van der Waals surface area contributed by atoms with Gasteiger partial charge in [0.2, 0.25) is 0 Å². The van der Waals surface area contributed by atoms with Crippen molar-refractivity contribution in [2.24, 2.45) is 0 Å². The van der Waals surface area contributed by atoms with Crippen LogP contribution in [0.1, 0.15) is 44.2 Å². The highest BCUT2D eigenvalue weighted by Crippen LogP contribution is 2.44. The molecule has 0 unspecified atom stereocenters. The first-order chi connectivity index (χ1) is 16.1. The number of fused-ring (bicyclic) bond motifs is 3. The maximum absolute atomic E-state index is 12.7. The normalized spacial score (nSPS) is 16.1. The number of hydrogen-bond donors (Lipinski definition) is 2. The molecule has 1 heterocycles. The molecule has 180 valence electrons. The summed E-state index contributed by atoms with van der Waals surface area (Å²) in [6.07, 6.45) is -1.80. The molecule has 9 heteroatoms. The van der Waals surface area contributed by atoms with E-state index in [1.165, 1.54) is 4.90 Å². The number of likely N-dealkylation sites (tertiary alicyclic amines) is 1. The van der Waals surface area contributed by atoms with E-state index in [1.54, 1.807) is 20.8 Å². The van der Waals surface area contributed by atoms with E-state index in [9.17, 15) is 19.5 Å². The van der Waals surface area contributed by atoms with Crippen LogP contribution in [0.2, 0.25) is 0 Å². The van der Waals surface area contributed by atoms with E-state index in [1.807, 2.05) is 36.4 Å². The van der Waals surface area contributed by atoms with Gasteiger partial charge in [-0.15, -0.1) is 0 Å². The predicted octanol–water partition coefficient (Wildman–Crippen LogP) is 3.92. The summed E-state index contributed by atoms with van der Waals surface area (Å²) in [6.45, 7) is 5.18. The Kier molecular flexibility index (Phi) is 6.22. The average molecular weight is 469 g/mol. The number of nitrogens with one attached hydrogen (secondary N) is 1. The topological polar surface area (TPSA) is 114 Å². The number of aliphatic carboxylic acids is 1. The number of carbonyl (C=O) groups is 3. The molecular weight excluding hydrogens is 440 g/mol. The molecule has 1 aliphatic carbocycles. The molecular formula is C25H28N2O7. The van der Waals surface area contributed by atoms with Crippen LogP contribution >= 0.6 is 0 Å². The molecule has 0 atom stereocenters. The van der Waals surface area contributed by atoms with Crippen LogP contribution < -0.4 is 5.48 Å². The van der Waals surface area contributed by atoms with Crippen LogP contribution in [0, 0.1) is 0 Å². The first-order valence-electron chi connectivity index (χ1n) is 11.1. The van der Waals surface area contributed by atoms with E-state index in [2.05, 4.69) is 17.6 Å². The molecule has 1 aliphatic heterocycles. The summed E-state index contributed by atoms with van der Waals surface area (Å²) in [7, 11) is 0. The van der Waals surface area contributed by atoms with Gasteiger partial charge in [0.25, 0.3) is 0 Å². The zero-order valence-corrected chi connectivity index (χ0v) is 19.4. The van der Waals surface area contributed by atoms with Gasteiger partial charge in [0.1, 0.15) is 17.8 Å². The third kappa shape index (κ3) is 4.99. The lowest BCUT2D eigenvalue weighted by Gasteiger charge is -2.47. The van der Waals surface area contributed by atoms with Crippen molar-refractivity contribution in [3.05, 3.63) is 59.7 Å². The maximum atomic E-state index is 12.7. The highest BCUT2D eigenvalue weighted by molar-refractivity contribution is 5.79. The van der Waals surface area contributed by atoms with Gasteiger partial charge in [-0.25, -0.2) is 9.59 Å². The minimum atomic E-state index is -1.26. The molecule has 2 amide bonds. The number of nitrogens with zero attached hydrogens (tertiary/aromatic N) is 1. The molecule has 2 N–H and O–H groups in total. The Hall–Kier alpha value is -3.59. The molecule has 9 nitrogen and oxygen atoms in total. The highest BCUT2D eigenvalue weighted by Gasteiger charge is 2.50. The highest BCUT2D eigenvalue weighted by atomic mass is 16.7. The Morgan fingerprint density at radius 2 is 1.59 bits per heavy atom. The van der Waals surface area contributed by atoms with Gasteiger partial charge in [-0.1, -0.05) is 48.5 Å². The summed E-state index contributed by atoms with van der Waals surface area (Å²) in [5, 5.41) is 9.26. The number of amides is 2. The van der Waals surface area contributed by atoms with Gasteiger partial charge in [-0.2, -0.15) is 5.48 Å². The second-order valence-electron chi connectivity index (χ2n) is 9.62. The van der Waals surface area contributed by atoms with E-state index < -0.39 is 35.8 Å². The van der Waals surface area contributed by atoms with E-state index in [4.69, 9.17) is 14.3 Å². The van der Waals surface area contributed by atoms with E-state index in [0.29, 0.717) is 0 Å². The number of rotatable bonds is 6. The maximum Gasteiger partial charge on any atom is 0.431 e. The fourth-order valence-corrected chi connectivity index (χ4v) is 4.40. The van der Waals surface area contributed by atoms with Gasteiger partial charge >= 0.3 is 18.2 Å². The van der Waals surface area contributed by atoms with Gasteiger partial charge in [0.05, 0.1) is 19.5 Å². The Morgan fingerprint density at radius 3 is 2.12 bits per heavy atom. The van der Waals surface area contributed by atoms with Crippen molar-refractivity contribution >= 4 is 18.2 Å². The second kappa shape index (κ2) is 8.98. The summed E-state index contributed by atoms with van der Waals surface area (Å²) < 4.78 is 10.7. The average Bonchev–Trinajstić information content (AvgIpc) is 3.06. The minimum absolute atomic E-state index is 0.0359. The zero-order chi connectivity index (χ0) is 24.5. The van der Waals surface area contributed by atoms with Crippen LogP contribution in [0.4, 0.5) is 9.59 Å². The van der Waals surface area contributed by atoms with Gasteiger partial charge in [-0.3, -0.25) is 9.63 Å². The van der Waals surface area contributed by atoms with Gasteiger partial charge in [0.15, 0.2) is 0 Å². The Morgan fingerprint density at radius 1 is 1.03 bits per heavy atom. The molecule has 1 fully saturated rings. The summed E-state index contributed by atoms with van der Waals surface area (Å²) >= 11 is 0. The van der Waals surface area contributed by atoms with Crippen molar-refractivity contribution in [3.8, 4) is 11.1 Å². The Balaban J connectivity index is 1.36. The van der Waals surface area contributed by atoms with Crippen molar-refractivity contribution in [2.75, 3.05) is 19.7 Å². The lowest BCUT2D eigenvalue weighted by molar-refractivity contribution is -0.184. The molecule has 0 aromatic heterocycles. The molecule has 0 spiro atoms. The Labute approximate surface area is 197 Å². The van der Waals surface area contributed by atoms with Crippen molar-refractivity contribution in [1.29, 1.82) is 0 Å². The van der Waals surface area contributed by atoms with Crippen LogP contribution in [0.15, 0.2) is 48.5 Å². The first kappa shape index (κ1) is 23.6. The fraction of sp³-hybridized carbons (Fsp3) is 0.400. The third-order valence-corrected chi connectivity index (χ3v) is 5.78. The number of hydrogen-bond acceptors (Lipinski definition) is 6. The number of carboxylic acid groups (broad SMARTS) is 1. The van der Waals surface area contributed by atoms with Crippen LogP contribution in [-0.4, -0.2) is 59.1 Å². The van der Waals surface area contributed by atoms with Crippen molar-refractivity contribution < 1.29 is 33.8 Å². The Bertz CT molecular complexity index is 1060. The number of carboxylic acids is 1. The third-order valence-electron chi connectivity index (χ3n) is 5.78. The summed E-state index contributed by atoms with van der Waals surface area (Å²) in [6, 6.07) is 16.1. The van der Waals surface area contributed by atoms with Gasteiger partial charge in [-0.05, 0) is 43.0 Å². The molecule has 0 bridgehead atoms. The second-order valence-corrected chi connectivity index (χ2v) is 9.62. The molecule has 2 aromatic carbocycles. The van der Waals surface area contributed by atoms with E-state index >= 15 is 0 Å². The molecule has 0 radical (unpaired) electrons. The van der Waals surface area contributed by atoms with Crippen LogP contribution in [0.25, 0.3) is 11.1 Å². The minimum Gasteiger partial charge on any atom is -0.481 e. The number of benzene rings is 2. The smallest absolute Gasteiger partial charge is 0.431 e. The van der Waals surface area contributed by atoms with Crippen LogP contribution in [0.5, 0.6) is 0 Å². The SMILES string of the molecule is CC(C)(C)OC(=O)NOC1(CC(=O)O)CN(C(=O)OCC2c3ccccc3-c3ccccc32)C1. The van der Waals surface area contributed by atoms with Crippen LogP contribution in [-0.2, 0) is 19.1 Å². The molecule has 2 aliphatic rings. The first-order valence-corrected chi connectivity index (χ1v) is 11.1. The lowest BCUT2D eigenvalue weighted by Crippen LogP contribution is -2.67. The quantitative estimate of drug-likeness (QED) is 0.618. The largest absolute Gasteiger partial charge is 0.481 e. The van der Waals surface area contributed by atoms with E-state index in [0.717, 1.165) is 22.3 Å². The van der Waals surface area contributed by atoms with E-state index in [-0.39, 0.29) is 25.6 Å². The van der Waals surface area contributed by atoms with Crippen LogP contribution in [0.3, 0.4) is 0 Å². The lowest BCUT2D eigenvalue weighted by atomic mass is 9.91. The molecule has 4 rings (SSSR count).